The van der Waals surface area contributed by atoms with Crippen LogP contribution in [-0.2, 0) is 0 Å². The molecular weight excluding hydrogens is 372 g/mol. The number of benzene rings is 2. The number of methoxy groups -OCH3 is 1. The molecule has 0 bridgehead atoms. The smallest absolute Gasteiger partial charge is 0.316 e. The van der Waals surface area contributed by atoms with Crippen molar-refractivity contribution in [1.29, 1.82) is 0 Å². The van der Waals surface area contributed by atoms with Crippen molar-refractivity contribution in [3.8, 4) is 28.3 Å². The molecule has 1 aliphatic rings. The monoisotopic (exact) mass is 395 g/mol. The van der Waals surface area contributed by atoms with Crippen LogP contribution in [0.3, 0.4) is 0 Å². The van der Waals surface area contributed by atoms with Crippen molar-refractivity contribution in [2.24, 2.45) is 0 Å². The fourth-order valence-electron chi connectivity index (χ4n) is 3.86. The van der Waals surface area contributed by atoms with Gasteiger partial charge in [0.15, 0.2) is 0 Å². The Hall–Kier alpha value is -2.86. The molecule has 6 heteroatoms. The number of likely N-dealkylation sites (tertiary alicyclic amines) is 1. The lowest BCUT2D eigenvalue weighted by molar-refractivity contribution is 0.263. The van der Waals surface area contributed by atoms with Gasteiger partial charge in [-0.15, -0.1) is 0 Å². The van der Waals surface area contributed by atoms with Gasteiger partial charge in [-0.2, -0.15) is 0 Å². The molecule has 0 radical (unpaired) electrons. The Kier molecular flexibility index (Phi) is 5.53. The number of rotatable bonds is 5. The zero-order chi connectivity index (χ0) is 20.4. The quantitative estimate of drug-likeness (QED) is 0.591. The van der Waals surface area contributed by atoms with Crippen LogP contribution in [0.2, 0.25) is 0 Å². The molecule has 2 heterocycles. The molecule has 2 aromatic carbocycles. The average Bonchev–Trinajstić information content (AvgIpc) is 3.28. The second kappa shape index (κ2) is 8.25. The molecule has 4 rings (SSSR count). The van der Waals surface area contributed by atoms with E-state index >= 15 is 0 Å². The first-order valence-corrected chi connectivity index (χ1v) is 9.76. The Morgan fingerprint density at radius 3 is 2.03 bits per heavy atom. The van der Waals surface area contributed by atoms with Gasteiger partial charge in [0.2, 0.25) is 0 Å². The molecule has 29 heavy (non-hydrogen) atoms. The normalized spacial score (nSPS) is 15.4. The summed E-state index contributed by atoms with van der Waals surface area (Å²) in [4.78, 5) is 10.3. The number of hydrogen-bond acceptors (Lipinski definition) is 4. The maximum atomic E-state index is 14.7. The van der Waals surface area contributed by atoms with Gasteiger partial charge >= 0.3 is 6.01 Å². The lowest BCUT2D eigenvalue weighted by Gasteiger charge is -2.24. The van der Waals surface area contributed by atoms with E-state index < -0.39 is 11.6 Å². The minimum atomic E-state index is -0.650. The predicted molar refractivity (Wildman–Crippen MR) is 109 cm³/mol. The second-order valence-electron chi connectivity index (χ2n) is 7.31. The molecular formula is C23H23F2N3O. The first-order valence-electron chi connectivity index (χ1n) is 9.76. The van der Waals surface area contributed by atoms with Gasteiger partial charge in [0.25, 0.3) is 0 Å². The van der Waals surface area contributed by atoms with E-state index in [1.807, 2.05) is 24.3 Å². The number of halogens is 2. The zero-order valence-electron chi connectivity index (χ0n) is 16.5. The van der Waals surface area contributed by atoms with Crippen molar-refractivity contribution in [3.63, 3.8) is 0 Å². The molecule has 1 aromatic heterocycles. The SMILES string of the molecule is COc1ncc(-c2c(F)cc(-c3ccc(C(C)N4CCCC4)cc3)cc2F)cn1. The third-order valence-corrected chi connectivity index (χ3v) is 5.56. The van der Waals surface area contributed by atoms with Gasteiger partial charge in [-0.1, -0.05) is 24.3 Å². The van der Waals surface area contributed by atoms with Gasteiger partial charge < -0.3 is 4.74 Å². The summed E-state index contributed by atoms with van der Waals surface area (Å²) >= 11 is 0. The topological polar surface area (TPSA) is 38.2 Å². The molecule has 3 aromatic rings. The van der Waals surface area contributed by atoms with E-state index in [-0.39, 0.29) is 17.1 Å². The van der Waals surface area contributed by atoms with Gasteiger partial charge in [0.1, 0.15) is 11.6 Å². The minimum Gasteiger partial charge on any atom is -0.467 e. The number of nitrogens with zero attached hydrogens (tertiary/aromatic N) is 3. The third kappa shape index (κ3) is 3.98. The predicted octanol–water partition coefficient (Wildman–Crippen LogP) is 5.25. The highest BCUT2D eigenvalue weighted by Crippen LogP contribution is 2.32. The Morgan fingerprint density at radius 2 is 1.48 bits per heavy atom. The van der Waals surface area contributed by atoms with Crippen molar-refractivity contribution < 1.29 is 13.5 Å². The van der Waals surface area contributed by atoms with Crippen LogP contribution in [0.4, 0.5) is 8.78 Å². The van der Waals surface area contributed by atoms with Gasteiger partial charge in [0, 0.05) is 24.0 Å². The summed E-state index contributed by atoms with van der Waals surface area (Å²) in [5.41, 5.74) is 2.61. The van der Waals surface area contributed by atoms with Gasteiger partial charge in [-0.05, 0) is 61.7 Å². The van der Waals surface area contributed by atoms with E-state index in [0.29, 0.717) is 11.6 Å². The molecule has 0 spiro atoms. The molecule has 1 atom stereocenters. The molecule has 1 saturated heterocycles. The van der Waals surface area contributed by atoms with Crippen molar-refractivity contribution >= 4 is 0 Å². The van der Waals surface area contributed by atoms with Gasteiger partial charge in [-0.3, -0.25) is 4.90 Å². The van der Waals surface area contributed by atoms with E-state index in [1.54, 1.807) is 0 Å². The number of ether oxygens (including phenoxy) is 1. The van der Waals surface area contributed by atoms with Crippen LogP contribution < -0.4 is 4.74 Å². The fourth-order valence-corrected chi connectivity index (χ4v) is 3.86. The third-order valence-electron chi connectivity index (χ3n) is 5.56. The van der Waals surface area contributed by atoms with Crippen molar-refractivity contribution in [1.82, 2.24) is 14.9 Å². The minimum absolute atomic E-state index is 0.143. The Bertz CT molecular complexity index is 961. The standard InChI is InChI=1S/C23H23F2N3O/c1-15(28-9-3-4-10-28)16-5-7-17(8-6-16)18-11-20(24)22(21(25)12-18)19-13-26-23(29-2)27-14-19/h5-8,11-15H,3-4,9-10H2,1-2H3. The first-order chi connectivity index (χ1) is 14.1. The van der Waals surface area contributed by atoms with Crippen LogP contribution in [-0.4, -0.2) is 35.1 Å². The molecule has 0 aliphatic carbocycles. The molecule has 1 fully saturated rings. The van der Waals surface area contributed by atoms with Gasteiger partial charge in [-0.25, -0.2) is 18.7 Å². The summed E-state index contributed by atoms with van der Waals surface area (Å²) in [5, 5.41) is 0. The summed E-state index contributed by atoms with van der Waals surface area (Å²) in [7, 11) is 1.43. The molecule has 4 nitrogen and oxygen atoms in total. The molecule has 0 N–H and O–H groups in total. The van der Waals surface area contributed by atoms with E-state index in [2.05, 4.69) is 21.8 Å². The number of hydrogen-bond donors (Lipinski definition) is 0. The van der Waals surface area contributed by atoms with Crippen molar-refractivity contribution in [3.05, 3.63) is 66.0 Å². The summed E-state index contributed by atoms with van der Waals surface area (Å²) in [6.07, 6.45) is 5.18. The summed E-state index contributed by atoms with van der Waals surface area (Å²) < 4.78 is 34.4. The Labute approximate surface area is 169 Å². The first kappa shape index (κ1) is 19.5. The fraction of sp³-hybridized carbons (Fsp3) is 0.304. The van der Waals surface area contributed by atoms with Crippen LogP contribution in [0.15, 0.2) is 48.8 Å². The highest BCUT2D eigenvalue weighted by atomic mass is 19.1. The van der Waals surface area contributed by atoms with Crippen molar-refractivity contribution in [2.45, 2.75) is 25.8 Å². The highest BCUT2D eigenvalue weighted by Gasteiger charge is 2.20. The lowest BCUT2D eigenvalue weighted by atomic mass is 9.98. The second-order valence-corrected chi connectivity index (χ2v) is 7.31. The van der Waals surface area contributed by atoms with Gasteiger partial charge in [0.05, 0.1) is 12.7 Å². The zero-order valence-corrected chi connectivity index (χ0v) is 16.5. The molecule has 1 aliphatic heterocycles. The summed E-state index contributed by atoms with van der Waals surface area (Å²) in [6.45, 7) is 4.44. The summed E-state index contributed by atoms with van der Waals surface area (Å²) in [5.74, 6) is -1.30. The maximum absolute atomic E-state index is 14.7. The number of aromatic nitrogens is 2. The van der Waals surface area contributed by atoms with E-state index in [0.717, 1.165) is 18.7 Å². The van der Waals surface area contributed by atoms with Crippen LogP contribution in [0.25, 0.3) is 22.3 Å². The Balaban J connectivity index is 1.60. The van der Waals surface area contributed by atoms with Crippen molar-refractivity contribution in [2.75, 3.05) is 20.2 Å². The van der Waals surface area contributed by atoms with E-state index in [9.17, 15) is 8.78 Å². The average molecular weight is 395 g/mol. The molecule has 0 amide bonds. The maximum Gasteiger partial charge on any atom is 0.316 e. The van der Waals surface area contributed by atoms with Crippen LogP contribution >= 0.6 is 0 Å². The molecule has 0 saturated carbocycles. The molecule has 150 valence electrons. The van der Waals surface area contributed by atoms with E-state index in [1.165, 1.54) is 50.0 Å². The van der Waals surface area contributed by atoms with Crippen LogP contribution in [0.5, 0.6) is 6.01 Å². The largest absolute Gasteiger partial charge is 0.467 e. The molecule has 1 unspecified atom stereocenters. The lowest BCUT2D eigenvalue weighted by Crippen LogP contribution is -2.23. The van der Waals surface area contributed by atoms with Crippen LogP contribution in [0.1, 0.15) is 31.4 Å². The summed E-state index contributed by atoms with van der Waals surface area (Å²) in [6, 6.07) is 11.1. The van der Waals surface area contributed by atoms with E-state index in [4.69, 9.17) is 4.74 Å². The Morgan fingerprint density at radius 1 is 0.897 bits per heavy atom. The highest BCUT2D eigenvalue weighted by molar-refractivity contribution is 5.71. The van der Waals surface area contributed by atoms with Crippen LogP contribution in [0, 0.1) is 11.6 Å².